The van der Waals surface area contributed by atoms with Crippen LogP contribution in [-0.4, -0.2) is 31.1 Å². The molecule has 0 aliphatic heterocycles. The molecule has 1 heterocycles. The molecule has 1 aromatic carbocycles. The summed E-state index contributed by atoms with van der Waals surface area (Å²) in [7, 11) is 1.79. The number of rotatable bonds is 9. The monoisotopic (exact) mass is 374 g/mol. The zero-order valence-electron chi connectivity index (χ0n) is 16.3. The van der Waals surface area contributed by atoms with Crippen molar-refractivity contribution in [3.05, 3.63) is 45.4 Å². The average Bonchev–Trinajstić information content (AvgIpc) is 2.97. The van der Waals surface area contributed by atoms with Crippen LogP contribution in [0.4, 0.5) is 0 Å². The molecule has 0 radical (unpaired) electrons. The van der Waals surface area contributed by atoms with Gasteiger partial charge in [0.15, 0.2) is 5.96 Å². The predicted octanol–water partition coefficient (Wildman–Crippen LogP) is 3.85. The fourth-order valence-corrected chi connectivity index (χ4v) is 3.28. The molecule has 1 aromatic heterocycles. The Hall–Kier alpha value is -2.08. The Morgan fingerprint density at radius 2 is 1.96 bits per heavy atom. The highest BCUT2D eigenvalue weighted by molar-refractivity contribution is 7.11. The number of benzene rings is 1. The standard InChI is InChI=1S/C20H30N4OS/c1-5-6-13-25-18-9-7-17(8-10-18)11-12-22-20(21-4)23-14-19-24-15(2)16(3)26-19/h7-10H,5-6,11-14H2,1-4H3,(H2,21,22,23). The third-order valence-electron chi connectivity index (χ3n) is 4.10. The van der Waals surface area contributed by atoms with E-state index in [-0.39, 0.29) is 0 Å². The van der Waals surface area contributed by atoms with Crippen molar-refractivity contribution < 1.29 is 4.74 Å². The molecule has 2 aromatic rings. The van der Waals surface area contributed by atoms with Crippen molar-refractivity contribution in [2.24, 2.45) is 4.99 Å². The molecule has 26 heavy (non-hydrogen) atoms. The first-order valence-electron chi connectivity index (χ1n) is 9.21. The molecular formula is C20H30N4OS. The van der Waals surface area contributed by atoms with Gasteiger partial charge in [-0.25, -0.2) is 4.98 Å². The number of guanidine groups is 1. The van der Waals surface area contributed by atoms with Crippen LogP contribution < -0.4 is 15.4 Å². The van der Waals surface area contributed by atoms with E-state index in [0.29, 0.717) is 6.54 Å². The maximum absolute atomic E-state index is 5.70. The first-order valence-corrected chi connectivity index (χ1v) is 10.0. The molecule has 0 atom stereocenters. The number of ether oxygens (including phenoxy) is 1. The minimum absolute atomic E-state index is 0.697. The summed E-state index contributed by atoms with van der Waals surface area (Å²) in [4.78, 5) is 10.1. The Morgan fingerprint density at radius 3 is 2.58 bits per heavy atom. The van der Waals surface area contributed by atoms with Crippen LogP contribution in [0.3, 0.4) is 0 Å². The van der Waals surface area contributed by atoms with E-state index in [1.807, 2.05) is 19.1 Å². The summed E-state index contributed by atoms with van der Waals surface area (Å²) < 4.78 is 5.70. The second kappa shape index (κ2) is 10.8. The van der Waals surface area contributed by atoms with Gasteiger partial charge in [-0.1, -0.05) is 25.5 Å². The Labute approximate surface area is 160 Å². The van der Waals surface area contributed by atoms with E-state index in [1.165, 1.54) is 10.4 Å². The predicted molar refractivity (Wildman–Crippen MR) is 110 cm³/mol. The van der Waals surface area contributed by atoms with Gasteiger partial charge in [0.1, 0.15) is 10.8 Å². The highest BCUT2D eigenvalue weighted by Gasteiger charge is 2.05. The van der Waals surface area contributed by atoms with Gasteiger partial charge in [-0.3, -0.25) is 4.99 Å². The number of hydrogen-bond donors (Lipinski definition) is 2. The second-order valence-electron chi connectivity index (χ2n) is 6.20. The third-order valence-corrected chi connectivity index (χ3v) is 5.17. The molecule has 0 amide bonds. The number of thiazole rings is 1. The van der Waals surface area contributed by atoms with Gasteiger partial charge in [-0.15, -0.1) is 11.3 Å². The van der Waals surface area contributed by atoms with Gasteiger partial charge in [0, 0.05) is 18.5 Å². The van der Waals surface area contributed by atoms with E-state index in [2.05, 4.69) is 46.6 Å². The van der Waals surface area contributed by atoms with E-state index < -0.39 is 0 Å². The van der Waals surface area contributed by atoms with Gasteiger partial charge in [-0.05, 0) is 44.4 Å². The maximum Gasteiger partial charge on any atom is 0.191 e. The van der Waals surface area contributed by atoms with Crippen LogP contribution in [0.5, 0.6) is 5.75 Å². The molecule has 0 fully saturated rings. The molecule has 0 saturated carbocycles. The quantitative estimate of drug-likeness (QED) is 0.398. The summed E-state index contributed by atoms with van der Waals surface area (Å²) in [6, 6.07) is 8.34. The average molecular weight is 375 g/mol. The normalized spacial score (nSPS) is 11.5. The lowest BCUT2D eigenvalue weighted by Crippen LogP contribution is -2.37. The molecule has 142 valence electrons. The van der Waals surface area contributed by atoms with Crippen molar-refractivity contribution in [1.82, 2.24) is 15.6 Å². The van der Waals surface area contributed by atoms with Gasteiger partial charge >= 0.3 is 0 Å². The largest absolute Gasteiger partial charge is 0.494 e. The number of nitrogens with zero attached hydrogens (tertiary/aromatic N) is 2. The molecule has 0 spiro atoms. The Morgan fingerprint density at radius 1 is 1.19 bits per heavy atom. The van der Waals surface area contributed by atoms with E-state index >= 15 is 0 Å². The summed E-state index contributed by atoms with van der Waals surface area (Å²) in [5.74, 6) is 1.75. The summed E-state index contributed by atoms with van der Waals surface area (Å²) in [5.41, 5.74) is 2.39. The van der Waals surface area contributed by atoms with Crippen LogP contribution in [0, 0.1) is 13.8 Å². The van der Waals surface area contributed by atoms with Crippen molar-refractivity contribution in [2.75, 3.05) is 20.2 Å². The number of aromatic nitrogens is 1. The van der Waals surface area contributed by atoms with E-state index in [1.54, 1.807) is 18.4 Å². The summed E-state index contributed by atoms with van der Waals surface area (Å²) in [6.07, 6.45) is 3.18. The molecule has 0 bridgehead atoms. The van der Waals surface area contributed by atoms with E-state index in [0.717, 1.165) is 54.8 Å². The van der Waals surface area contributed by atoms with Gasteiger partial charge < -0.3 is 15.4 Å². The highest BCUT2D eigenvalue weighted by atomic mass is 32.1. The molecular weight excluding hydrogens is 344 g/mol. The first-order chi connectivity index (χ1) is 12.6. The van der Waals surface area contributed by atoms with Gasteiger partial charge in [0.25, 0.3) is 0 Å². The Bertz CT molecular complexity index is 675. The van der Waals surface area contributed by atoms with Crippen LogP contribution in [-0.2, 0) is 13.0 Å². The Kier molecular flexibility index (Phi) is 8.41. The van der Waals surface area contributed by atoms with Crippen molar-refractivity contribution in [2.45, 2.75) is 46.6 Å². The van der Waals surface area contributed by atoms with Crippen LogP contribution in [0.25, 0.3) is 0 Å². The van der Waals surface area contributed by atoms with Crippen LogP contribution in [0.1, 0.15) is 40.9 Å². The van der Waals surface area contributed by atoms with Gasteiger partial charge in [-0.2, -0.15) is 0 Å². The van der Waals surface area contributed by atoms with Crippen molar-refractivity contribution in [3.8, 4) is 5.75 Å². The molecule has 0 aliphatic carbocycles. The molecule has 6 heteroatoms. The van der Waals surface area contributed by atoms with Gasteiger partial charge in [0.2, 0.25) is 0 Å². The zero-order chi connectivity index (χ0) is 18.8. The van der Waals surface area contributed by atoms with Crippen molar-refractivity contribution >= 4 is 17.3 Å². The van der Waals surface area contributed by atoms with Gasteiger partial charge in [0.05, 0.1) is 18.8 Å². The molecule has 5 nitrogen and oxygen atoms in total. The van der Waals surface area contributed by atoms with E-state index in [9.17, 15) is 0 Å². The lowest BCUT2D eigenvalue weighted by molar-refractivity contribution is 0.309. The van der Waals surface area contributed by atoms with Crippen LogP contribution >= 0.6 is 11.3 Å². The van der Waals surface area contributed by atoms with E-state index in [4.69, 9.17) is 4.74 Å². The number of hydrogen-bond acceptors (Lipinski definition) is 4. The smallest absolute Gasteiger partial charge is 0.191 e. The minimum atomic E-state index is 0.697. The molecule has 0 unspecified atom stereocenters. The number of unbranched alkanes of at least 4 members (excludes halogenated alkanes) is 1. The minimum Gasteiger partial charge on any atom is -0.494 e. The summed E-state index contributed by atoms with van der Waals surface area (Å²) in [5, 5.41) is 7.75. The van der Waals surface area contributed by atoms with Crippen molar-refractivity contribution in [1.29, 1.82) is 0 Å². The summed E-state index contributed by atoms with van der Waals surface area (Å²) >= 11 is 1.73. The number of aryl methyl sites for hydroxylation is 2. The fraction of sp³-hybridized carbons (Fsp3) is 0.500. The number of nitrogens with one attached hydrogen (secondary N) is 2. The highest BCUT2D eigenvalue weighted by Crippen LogP contribution is 2.16. The molecule has 2 rings (SSSR count). The second-order valence-corrected chi connectivity index (χ2v) is 7.49. The lowest BCUT2D eigenvalue weighted by atomic mass is 10.1. The molecule has 0 saturated heterocycles. The zero-order valence-corrected chi connectivity index (χ0v) is 17.1. The lowest BCUT2D eigenvalue weighted by Gasteiger charge is -2.11. The Balaban J connectivity index is 1.71. The number of aliphatic imine (C=N–C) groups is 1. The SMILES string of the molecule is CCCCOc1ccc(CCNC(=NC)NCc2nc(C)c(C)s2)cc1. The van der Waals surface area contributed by atoms with Crippen LogP contribution in [0.15, 0.2) is 29.3 Å². The third kappa shape index (κ3) is 6.67. The first kappa shape index (κ1) is 20.2. The fourth-order valence-electron chi connectivity index (χ4n) is 2.41. The molecule has 2 N–H and O–H groups in total. The topological polar surface area (TPSA) is 58.5 Å². The van der Waals surface area contributed by atoms with Crippen molar-refractivity contribution in [3.63, 3.8) is 0 Å². The maximum atomic E-state index is 5.70. The van der Waals surface area contributed by atoms with Crippen LogP contribution in [0.2, 0.25) is 0 Å². The molecule has 0 aliphatic rings. The summed E-state index contributed by atoms with van der Waals surface area (Å²) in [6.45, 7) is 8.62.